The molecule has 0 amide bonds. The minimum Gasteiger partial charge on any atom is -0.316 e. The van der Waals surface area contributed by atoms with Crippen LogP contribution in [0.3, 0.4) is 0 Å². The third kappa shape index (κ3) is 3.46. The van der Waals surface area contributed by atoms with Crippen LogP contribution < -0.4 is 10.0 Å². The van der Waals surface area contributed by atoms with Crippen molar-refractivity contribution in [3.8, 4) is 5.82 Å². The molecule has 2 aromatic heterocycles. The monoisotopic (exact) mass is 309 g/mol. The lowest BCUT2D eigenvalue weighted by molar-refractivity contribution is 0.554. The second kappa shape index (κ2) is 6.33. The maximum Gasteiger partial charge on any atom is 0.244 e. The molecule has 0 bridgehead atoms. The lowest BCUT2D eigenvalue weighted by atomic mass is 10.4. The van der Waals surface area contributed by atoms with Crippen molar-refractivity contribution < 1.29 is 8.42 Å². The van der Waals surface area contributed by atoms with E-state index in [1.165, 1.54) is 10.9 Å². The molecule has 0 spiro atoms. The summed E-state index contributed by atoms with van der Waals surface area (Å²) in [5.74, 6) is 0.583. The Bertz CT molecular complexity index is 697. The Morgan fingerprint density at radius 3 is 2.76 bits per heavy atom. The Hall–Kier alpha value is -1.77. The highest BCUT2D eigenvalue weighted by atomic mass is 32.2. The summed E-state index contributed by atoms with van der Waals surface area (Å²) in [6.07, 6.45) is 2.98. The Kier molecular flexibility index (Phi) is 4.71. The zero-order valence-corrected chi connectivity index (χ0v) is 13.1. The molecule has 0 radical (unpaired) electrons. The summed E-state index contributed by atoms with van der Waals surface area (Å²) in [6, 6.07) is 5.43. The largest absolute Gasteiger partial charge is 0.316 e. The zero-order valence-electron chi connectivity index (χ0n) is 12.2. The van der Waals surface area contributed by atoms with Gasteiger partial charge in [-0.1, -0.05) is 6.07 Å². The van der Waals surface area contributed by atoms with E-state index in [4.69, 9.17) is 0 Å². The summed E-state index contributed by atoms with van der Waals surface area (Å²) in [5.41, 5.74) is 0.526. The molecule has 0 aliphatic carbocycles. The SMILES string of the molecule is CNC(C)CNS(=O)(=O)c1cnn(-c2ccccn2)c1C. The van der Waals surface area contributed by atoms with Crippen LogP contribution in [0.2, 0.25) is 0 Å². The molecule has 114 valence electrons. The van der Waals surface area contributed by atoms with E-state index >= 15 is 0 Å². The fourth-order valence-electron chi connectivity index (χ4n) is 1.78. The van der Waals surface area contributed by atoms with Crippen LogP contribution in [0.25, 0.3) is 5.82 Å². The standard InChI is InChI=1S/C13H19N5O2S/c1-10(14-3)8-17-21(19,20)12-9-16-18(11(12)2)13-6-4-5-7-15-13/h4-7,9-10,14,17H,8H2,1-3H3. The summed E-state index contributed by atoms with van der Waals surface area (Å²) in [6.45, 7) is 3.91. The number of nitrogens with one attached hydrogen (secondary N) is 2. The molecule has 0 aliphatic heterocycles. The molecule has 1 unspecified atom stereocenters. The third-order valence-corrected chi connectivity index (χ3v) is 4.72. The fourth-order valence-corrected chi connectivity index (χ4v) is 3.07. The van der Waals surface area contributed by atoms with Gasteiger partial charge in [0.05, 0.1) is 11.9 Å². The van der Waals surface area contributed by atoms with Gasteiger partial charge in [-0.3, -0.25) is 0 Å². The first kappa shape index (κ1) is 15.6. The van der Waals surface area contributed by atoms with Crippen LogP contribution in [0.15, 0.2) is 35.5 Å². The van der Waals surface area contributed by atoms with Crippen molar-refractivity contribution in [2.45, 2.75) is 24.8 Å². The molecule has 0 saturated heterocycles. The van der Waals surface area contributed by atoms with Crippen LogP contribution in [0.1, 0.15) is 12.6 Å². The van der Waals surface area contributed by atoms with E-state index in [-0.39, 0.29) is 10.9 Å². The number of likely N-dealkylation sites (N-methyl/N-ethyl adjacent to an activating group) is 1. The lowest BCUT2D eigenvalue weighted by Crippen LogP contribution is -2.37. The van der Waals surface area contributed by atoms with Crippen LogP contribution in [-0.4, -0.2) is 42.8 Å². The number of sulfonamides is 1. The number of rotatable bonds is 6. The maximum atomic E-state index is 12.3. The first-order valence-corrected chi connectivity index (χ1v) is 8.07. The average molecular weight is 309 g/mol. The van der Waals surface area contributed by atoms with Gasteiger partial charge in [-0.25, -0.2) is 22.8 Å². The second-order valence-electron chi connectivity index (χ2n) is 4.74. The normalized spacial score (nSPS) is 13.3. The van der Waals surface area contributed by atoms with E-state index in [0.29, 0.717) is 18.1 Å². The van der Waals surface area contributed by atoms with Gasteiger partial charge in [-0.05, 0) is 33.0 Å². The molecule has 2 aromatic rings. The highest BCUT2D eigenvalue weighted by Gasteiger charge is 2.21. The van der Waals surface area contributed by atoms with Crippen LogP contribution in [0, 0.1) is 6.92 Å². The van der Waals surface area contributed by atoms with Crippen molar-refractivity contribution in [1.82, 2.24) is 24.8 Å². The molecule has 8 heteroatoms. The summed E-state index contributed by atoms with van der Waals surface area (Å²) >= 11 is 0. The molecule has 0 saturated carbocycles. The summed E-state index contributed by atoms with van der Waals surface area (Å²) in [5, 5.41) is 7.10. The first-order chi connectivity index (χ1) is 9.95. The molecular weight excluding hydrogens is 290 g/mol. The summed E-state index contributed by atoms with van der Waals surface area (Å²) < 4.78 is 28.7. The third-order valence-electron chi connectivity index (χ3n) is 3.19. The number of pyridine rings is 1. The van der Waals surface area contributed by atoms with Crippen LogP contribution in [-0.2, 0) is 10.0 Å². The van der Waals surface area contributed by atoms with E-state index in [0.717, 1.165) is 0 Å². The van der Waals surface area contributed by atoms with Crippen molar-refractivity contribution in [3.05, 3.63) is 36.3 Å². The summed E-state index contributed by atoms with van der Waals surface area (Å²) in [4.78, 5) is 4.33. The number of hydrogen-bond donors (Lipinski definition) is 2. The molecular formula is C13H19N5O2S. The maximum absolute atomic E-state index is 12.3. The molecule has 21 heavy (non-hydrogen) atoms. The number of aromatic nitrogens is 3. The predicted molar refractivity (Wildman–Crippen MR) is 79.8 cm³/mol. The molecule has 1 atom stereocenters. The van der Waals surface area contributed by atoms with Crippen LogP contribution in [0.4, 0.5) is 0 Å². The Balaban J connectivity index is 2.28. The highest BCUT2D eigenvalue weighted by Crippen LogP contribution is 2.16. The van der Waals surface area contributed by atoms with Crippen molar-refractivity contribution in [2.75, 3.05) is 13.6 Å². The minimum atomic E-state index is -3.58. The zero-order chi connectivity index (χ0) is 15.5. The van der Waals surface area contributed by atoms with Crippen molar-refractivity contribution >= 4 is 10.0 Å². The first-order valence-electron chi connectivity index (χ1n) is 6.58. The Labute approximate surface area is 124 Å². The van der Waals surface area contributed by atoms with Crippen molar-refractivity contribution in [1.29, 1.82) is 0 Å². The van der Waals surface area contributed by atoms with Gasteiger partial charge >= 0.3 is 0 Å². The van der Waals surface area contributed by atoms with Gasteiger partial charge in [0.1, 0.15) is 4.90 Å². The van der Waals surface area contributed by atoms with Gasteiger partial charge in [-0.2, -0.15) is 5.10 Å². The Morgan fingerprint density at radius 2 is 2.14 bits per heavy atom. The highest BCUT2D eigenvalue weighted by molar-refractivity contribution is 7.89. The second-order valence-corrected chi connectivity index (χ2v) is 6.47. The molecule has 2 heterocycles. The van der Waals surface area contributed by atoms with E-state index < -0.39 is 10.0 Å². The van der Waals surface area contributed by atoms with Gasteiger partial charge in [0.25, 0.3) is 0 Å². The molecule has 0 aliphatic rings. The lowest BCUT2D eigenvalue weighted by Gasteiger charge is -2.11. The topological polar surface area (TPSA) is 88.9 Å². The molecule has 7 nitrogen and oxygen atoms in total. The van der Waals surface area contributed by atoms with E-state index in [1.54, 1.807) is 32.3 Å². The van der Waals surface area contributed by atoms with Gasteiger partial charge < -0.3 is 5.32 Å². The van der Waals surface area contributed by atoms with E-state index in [1.807, 2.05) is 13.0 Å². The fraction of sp³-hybridized carbons (Fsp3) is 0.385. The molecule has 0 fully saturated rings. The Morgan fingerprint density at radius 1 is 1.38 bits per heavy atom. The van der Waals surface area contributed by atoms with Gasteiger partial charge in [0, 0.05) is 18.8 Å². The van der Waals surface area contributed by atoms with Crippen molar-refractivity contribution in [2.24, 2.45) is 0 Å². The minimum absolute atomic E-state index is 0.0471. The van der Waals surface area contributed by atoms with E-state index in [9.17, 15) is 8.42 Å². The van der Waals surface area contributed by atoms with Crippen molar-refractivity contribution in [3.63, 3.8) is 0 Å². The molecule has 0 aromatic carbocycles. The van der Waals surface area contributed by atoms with Gasteiger partial charge in [-0.15, -0.1) is 0 Å². The molecule has 2 rings (SSSR count). The van der Waals surface area contributed by atoms with Gasteiger partial charge in [0.2, 0.25) is 10.0 Å². The smallest absolute Gasteiger partial charge is 0.244 e. The average Bonchev–Trinajstić information content (AvgIpc) is 2.88. The summed E-state index contributed by atoms with van der Waals surface area (Å²) in [7, 11) is -1.80. The van der Waals surface area contributed by atoms with E-state index in [2.05, 4.69) is 20.1 Å². The number of hydrogen-bond acceptors (Lipinski definition) is 5. The van der Waals surface area contributed by atoms with Crippen LogP contribution >= 0.6 is 0 Å². The number of nitrogens with zero attached hydrogens (tertiary/aromatic N) is 3. The quantitative estimate of drug-likeness (QED) is 0.809. The predicted octanol–water partition coefficient (Wildman–Crippen LogP) is 0.462. The molecule has 2 N–H and O–H groups in total. The van der Waals surface area contributed by atoms with Gasteiger partial charge in [0.15, 0.2) is 5.82 Å². The van der Waals surface area contributed by atoms with Crippen LogP contribution in [0.5, 0.6) is 0 Å².